The molecule has 2 N–H and O–H groups in total. The molecule has 0 amide bonds. The van der Waals surface area contributed by atoms with Crippen LogP contribution in [0.15, 0.2) is 12.1 Å². The highest BCUT2D eigenvalue weighted by Crippen LogP contribution is 2.32. The highest BCUT2D eigenvalue weighted by Gasteiger charge is 2.38. The Balaban J connectivity index is 3.17. The average molecular weight is 246 g/mol. The van der Waals surface area contributed by atoms with Crippen molar-refractivity contribution < 1.29 is 22.0 Å². The third kappa shape index (κ3) is 2.57. The molecule has 0 saturated carbocycles. The lowest BCUT2D eigenvalue weighted by molar-refractivity contribution is -0.149. The van der Waals surface area contributed by atoms with E-state index in [1.165, 1.54) is 0 Å². The zero-order chi connectivity index (χ0) is 11.8. The van der Waals surface area contributed by atoms with Gasteiger partial charge in [0.25, 0.3) is 0 Å². The van der Waals surface area contributed by atoms with E-state index in [2.05, 4.69) is 0 Å². The van der Waals surface area contributed by atoms with Gasteiger partial charge < -0.3 is 5.73 Å². The van der Waals surface area contributed by atoms with Gasteiger partial charge in [-0.15, -0.1) is 0 Å². The molecule has 1 rings (SSSR count). The summed E-state index contributed by atoms with van der Waals surface area (Å²) in [6.07, 6.45) is -4.76. The summed E-state index contributed by atoms with van der Waals surface area (Å²) < 4.78 is 61.9. The van der Waals surface area contributed by atoms with Gasteiger partial charge in [-0.1, -0.05) is 11.6 Å². The monoisotopic (exact) mass is 245 g/mol. The van der Waals surface area contributed by atoms with Crippen LogP contribution in [0.2, 0.25) is 5.02 Å². The third-order valence-electron chi connectivity index (χ3n) is 1.72. The predicted molar refractivity (Wildman–Crippen MR) is 44.4 cm³/mol. The first kappa shape index (κ1) is 12.2. The predicted octanol–water partition coefficient (Wildman–Crippen LogP) is 3.18. The summed E-state index contributed by atoms with van der Waals surface area (Å²) in [4.78, 5) is 0. The fourth-order valence-corrected chi connectivity index (χ4v) is 1.05. The van der Waals surface area contributed by atoms with E-state index in [1.54, 1.807) is 0 Å². The minimum absolute atomic E-state index is 0.462. The summed E-state index contributed by atoms with van der Waals surface area (Å²) in [6.45, 7) is 0. The maximum Gasteiger partial charge on any atom is 0.407 e. The number of nitrogens with two attached hydrogens (primary N) is 1. The summed E-state index contributed by atoms with van der Waals surface area (Å²) in [7, 11) is 0. The molecular weight excluding hydrogens is 241 g/mol. The van der Waals surface area contributed by atoms with E-state index in [4.69, 9.17) is 17.3 Å². The summed E-state index contributed by atoms with van der Waals surface area (Å²) in [5, 5.41) is -0.854. The van der Waals surface area contributed by atoms with Gasteiger partial charge in [0, 0.05) is 0 Å². The van der Waals surface area contributed by atoms with Gasteiger partial charge in [0.05, 0.1) is 0 Å². The molecule has 0 unspecified atom stereocenters. The molecule has 1 aromatic rings. The molecular formula is C8H5ClF5N. The molecule has 0 fully saturated rings. The third-order valence-corrected chi connectivity index (χ3v) is 2.08. The molecule has 0 heterocycles. The van der Waals surface area contributed by atoms with Crippen molar-refractivity contribution in [3.8, 4) is 0 Å². The van der Waals surface area contributed by atoms with Gasteiger partial charge in [0.15, 0.2) is 0 Å². The van der Waals surface area contributed by atoms with Crippen LogP contribution >= 0.6 is 11.6 Å². The standard InChI is InChI=1S/C8H5ClF5N/c9-6-4(10)1-3(2-5(6)11)7(15)8(12,13)14/h1-2,7H,15H2/t7-/m1/s1. The lowest BCUT2D eigenvalue weighted by Gasteiger charge is -2.16. The summed E-state index contributed by atoms with van der Waals surface area (Å²) in [5.74, 6) is -2.54. The van der Waals surface area contributed by atoms with Gasteiger partial charge in [-0.05, 0) is 17.7 Å². The minimum Gasteiger partial charge on any atom is -0.316 e. The highest BCUT2D eigenvalue weighted by atomic mass is 35.5. The second kappa shape index (κ2) is 3.94. The minimum atomic E-state index is -4.76. The van der Waals surface area contributed by atoms with Gasteiger partial charge in [-0.3, -0.25) is 0 Å². The van der Waals surface area contributed by atoms with Gasteiger partial charge >= 0.3 is 6.18 Å². The van der Waals surface area contributed by atoms with Crippen LogP contribution in [-0.2, 0) is 0 Å². The lowest BCUT2D eigenvalue weighted by atomic mass is 10.1. The first-order valence-corrected chi connectivity index (χ1v) is 4.08. The van der Waals surface area contributed by atoms with Crippen LogP contribution in [0.4, 0.5) is 22.0 Å². The van der Waals surface area contributed by atoms with Crippen LogP contribution in [0.3, 0.4) is 0 Å². The van der Waals surface area contributed by atoms with E-state index in [0.29, 0.717) is 12.1 Å². The maximum absolute atomic E-state index is 12.8. The molecule has 1 nitrogen and oxygen atoms in total. The molecule has 1 aromatic carbocycles. The number of alkyl halides is 3. The van der Waals surface area contributed by atoms with Crippen molar-refractivity contribution in [1.82, 2.24) is 0 Å². The molecule has 7 heteroatoms. The maximum atomic E-state index is 12.8. The molecule has 0 bridgehead atoms. The Kier molecular flexibility index (Phi) is 3.20. The molecule has 0 spiro atoms. The van der Waals surface area contributed by atoms with Crippen molar-refractivity contribution in [3.63, 3.8) is 0 Å². The topological polar surface area (TPSA) is 26.0 Å². The van der Waals surface area contributed by atoms with Crippen molar-refractivity contribution in [2.45, 2.75) is 12.2 Å². The average Bonchev–Trinajstić information content (AvgIpc) is 2.10. The van der Waals surface area contributed by atoms with Crippen LogP contribution in [-0.4, -0.2) is 6.18 Å². The Morgan fingerprint density at radius 3 is 1.87 bits per heavy atom. The molecule has 0 radical (unpaired) electrons. The zero-order valence-electron chi connectivity index (χ0n) is 7.08. The van der Waals surface area contributed by atoms with Crippen LogP contribution in [0.1, 0.15) is 11.6 Å². The van der Waals surface area contributed by atoms with Crippen molar-refractivity contribution in [1.29, 1.82) is 0 Å². The van der Waals surface area contributed by atoms with E-state index >= 15 is 0 Å². The summed E-state index contributed by atoms with van der Waals surface area (Å²) in [5.41, 5.74) is 4.05. The van der Waals surface area contributed by atoms with E-state index in [0.717, 1.165) is 0 Å². The van der Waals surface area contributed by atoms with Crippen LogP contribution in [0, 0.1) is 11.6 Å². The second-order valence-electron chi connectivity index (χ2n) is 2.82. The van der Waals surface area contributed by atoms with Crippen LogP contribution in [0.25, 0.3) is 0 Å². The van der Waals surface area contributed by atoms with E-state index < -0.39 is 34.4 Å². The van der Waals surface area contributed by atoms with Crippen LogP contribution < -0.4 is 5.73 Å². The molecule has 0 aromatic heterocycles. The fourth-order valence-electron chi connectivity index (χ4n) is 0.944. The molecule has 0 aliphatic heterocycles. The number of hydrogen-bond acceptors (Lipinski definition) is 1. The van der Waals surface area contributed by atoms with E-state index in [-0.39, 0.29) is 0 Å². The molecule has 84 valence electrons. The van der Waals surface area contributed by atoms with Crippen molar-refractivity contribution >= 4 is 11.6 Å². The largest absolute Gasteiger partial charge is 0.407 e. The molecule has 0 aliphatic rings. The fraction of sp³-hybridized carbons (Fsp3) is 0.250. The van der Waals surface area contributed by atoms with Crippen molar-refractivity contribution in [2.75, 3.05) is 0 Å². The number of hydrogen-bond donors (Lipinski definition) is 1. The SMILES string of the molecule is N[C@H](c1cc(F)c(Cl)c(F)c1)C(F)(F)F. The first-order chi connectivity index (χ1) is 6.73. The second-order valence-corrected chi connectivity index (χ2v) is 3.20. The van der Waals surface area contributed by atoms with Gasteiger partial charge in [-0.25, -0.2) is 8.78 Å². The zero-order valence-corrected chi connectivity index (χ0v) is 7.83. The first-order valence-electron chi connectivity index (χ1n) is 3.70. The number of rotatable bonds is 1. The lowest BCUT2D eigenvalue weighted by Crippen LogP contribution is -2.28. The van der Waals surface area contributed by atoms with Crippen LogP contribution in [0.5, 0.6) is 0 Å². The normalized spacial score (nSPS) is 14.1. The van der Waals surface area contributed by atoms with Crippen molar-refractivity contribution in [2.24, 2.45) is 5.73 Å². The molecule has 0 aliphatic carbocycles. The molecule has 0 saturated heterocycles. The Morgan fingerprint density at radius 1 is 1.13 bits per heavy atom. The Morgan fingerprint density at radius 2 is 1.53 bits per heavy atom. The van der Waals surface area contributed by atoms with E-state index in [1.807, 2.05) is 0 Å². The number of benzene rings is 1. The van der Waals surface area contributed by atoms with Crippen molar-refractivity contribution in [3.05, 3.63) is 34.4 Å². The van der Waals surface area contributed by atoms with E-state index in [9.17, 15) is 22.0 Å². The number of halogens is 6. The van der Waals surface area contributed by atoms with Gasteiger partial charge in [0.1, 0.15) is 22.7 Å². The Bertz CT molecular complexity index is 353. The quantitative estimate of drug-likeness (QED) is 0.597. The summed E-state index contributed by atoms with van der Waals surface area (Å²) in [6, 6.07) is -1.51. The van der Waals surface area contributed by atoms with Gasteiger partial charge in [-0.2, -0.15) is 13.2 Å². The molecule has 1 atom stereocenters. The Hall–Kier alpha value is -0.880. The molecule has 15 heavy (non-hydrogen) atoms. The smallest absolute Gasteiger partial charge is 0.316 e. The summed E-state index contributed by atoms with van der Waals surface area (Å²) >= 11 is 5.10. The van der Waals surface area contributed by atoms with Gasteiger partial charge in [0.2, 0.25) is 0 Å². The Labute approximate surface area is 86.6 Å². The highest BCUT2D eigenvalue weighted by molar-refractivity contribution is 6.30.